The Bertz CT molecular complexity index is 1100. The van der Waals surface area contributed by atoms with Crippen LogP contribution in [0.2, 0.25) is 0 Å². The van der Waals surface area contributed by atoms with Crippen LogP contribution in [0.15, 0.2) is 24.5 Å². The van der Waals surface area contributed by atoms with Gasteiger partial charge in [0.25, 0.3) is 0 Å². The van der Waals surface area contributed by atoms with E-state index in [1.165, 1.54) is 51.4 Å². The first kappa shape index (κ1) is 25.5. The number of aromatic nitrogens is 1. The predicted molar refractivity (Wildman–Crippen MR) is 149 cm³/mol. The van der Waals surface area contributed by atoms with Gasteiger partial charge in [-0.2, -0.15) is 0 Å². The van der Waals surface area contributed by atoms with Crippen molar-refractivity contribution in [3.63, 3.8) is 0 Å². The van der Waals surface area contributed by atoms with Gasteiger partial charge < -0.3 is 14.7 Å². The minimum absolute atomic E-state index is 0. The summed E-state index contributed by atoms with van der Waals surface area (Å²) in [4.78, 5) is 18.7. The first-order valence-corrected chi connectivity index (χ1v) is 15.6. The van der Waals surface area contributed by atoms with Gasteiger partial charge in [-0.05, 0) is 121 Å². The third kappa shape index (κ3) is 3.42. The Balaban J connectivity index is 0.00000277. The molecule has 1 aliphatic heterocycles. The summed E-state index contributed by atoms with van der Waals surface area (Å²) in [6.45, 7) is 10.3. The normalized spacial score (nSPS) is 48.1. The molecule has 1 amide bonds. The third-order valence-corrected chi connectivity index (χ3v) is 13.6. The summed E-state index contributed by atoms with van der Waals surface area (Å²) in [7, 11) is 0. The van der Waals surface area contributed by atoms with Crippen molar-refractivity contribution in [2.75, 3.05) is 6.54 Å². The van der Waals surface area contributed by atoms with Gasteiger partial charge in [0.15, 0.2) is 0 Å². The zero-order chi connectivity index (χ0) is 26.5. The zero-order valence-electron chi connectivity index (χ0n) is 24.0. The minimum Gasteiger partial charge on any atom is -0.393 e. The van der Waals surface area contributed by atoms with E-state index in [-0.39, 0.29) is 25.0 Å². The molecule has 5 nitrogen and oxygen atoms in total. The number of amides is 1. The molecule has 5 saturated carbocycles. The summed E-state index contributed by atoms with van der Waals surface area (Å²) in [5.41, 5.74) is 2.59. The summed E-state index contributed by atoms with van der Waals surface area (Å²) in [6, 6.07) is 3.99. The summed E-state index contributed by atoms with van der Waals surface area (Å²) in [6.07, 6.45) is 16.6. The molecule has 6 aliphatic rings. The molecule has 1 N–H and O–H groups in total. The van der Waals surface area contributed by atoms with Crippen LogP contribution in [0.1, 0.15) is 98.9 Å². The Morgan fingerprint density at radius 2 is 1.89 bits per heavy atom. The number of aliphatic hydroxyl groups excluding tert-OH is 1. The quantitative estimate of drug-likeness (QED) is 0.508. The average Bonchev–Trinajstić information content (AvgIpc) is 3.47. The molecule has 10 atom stereocenters. The van der Waals surface area contributed by atoms with Crippen molar-refractivity contribution in [1.82, 2.24) is 9.88 Å². The fraction of sp³-hybridized carbons (Fsp3) is 0.818. The van der Waals surface area contributed by atoms with Gasteiger partial charge in [-0.3, -0.25) is 9.78 Å². The Hall–Kier alpha value is -1.46. The predicted octanol–water partition coefficient (Wildman–Crippen LogP) is 6.24. The van der Waals surface area contributed by atoms with E-state index in [0.717, 1.165) is 30.2 Å². The number of fused-ring (bicyclic) bond motifs is 4. The highest BCUT2D eigenvalue weighted by molar-refractivity contribution is 5.73. The van der Waals surface area contributed by atoms with E-state index in [4.69, 9.17) is 4.74 Å². The van der Waals surface area contributed by atoms with Crippen LogP contribution < -0.4 is 0 Å². The van der Waals surface area contributed by atoms with Crippen LogP contribution in [0, 0.1) is 45.3 Å². The summed E-state index contributed by atoms with van der Waals surface area (Å²) >= 11 is 0. The van der Waals surface area contributed by atoms with E-state index in [2.05, 4.69) is 25.8 Å². The second-order valence-corrected chi connectivity index (χ2v) is 15.2. The molecular formula is C33H50N2O3. The van der Waals surface area contributed by atoms with Gasteiger partial charge in [-0.1, -0.05) is 26.8 Å². The molecule has 6 fully saturated rings. The average molecular weight is 523 g/mol. The highest BCUT2D eigenvalue weighted by Crippen LogP contribution is 2.87. The monoisotopic (exact) mass is 522 g/mol. The number of ether oxygens (including phenoxy) is 1. The number of hydrogen-bond donors (Lipinski definition) is 1. The van der Waals surface area contributed by atoms with E-state index in [1.54, 1.807) is 13.1 Å². The number of rotatable bonds is 4. The van der Waals surface area contributed by atoms with Crippen molar-refractivity contribution in [1.29, 1.82) is 0 Å². The van der Waals surface area contributed by atoms with E-state index < -0.39 is 0 Å². The molecule has 210 valence electrons. The first-order valence-electron chi connectivity index (χ1n) is 15.6. The van der Waals surface area contributed by atoms with Crippen LogP contribution in [0.25, 0.3) is 0 Å². The second-order valence-electron chi connectivity index (χ2n) is 15.2. The summed E-state index contributed by atoms with van der Waals surface area (Å²) in [5.74, 6) is 3.10. The molecule has 38 heavy (non-hydrogen) atoms. The Kier molecular flexibility index (Phi) is 5.72. The maximum Gasteiger partial charge on any atom is 0.219 e. The van der Waals surface area contributed by atoms with Gasteiger partial charge in [0.2, 0.25) is 5.91 Å². The van der Waals surface area contributed by atoms with E-state index >= 15 is 0 Å². The van der Waals surface area contributed by atoms with Crippen molar-refractivity contribution >= 4 is 5.91 Å². The zero-order valence-corrected chi connectivity index (χ0v) is 24.0. The standard InChI is InChI=1S/C33H48N2O3.H2/c1-21(36)35(18-22-6-5-15-34-17-22)19-23-7-8-25-27(38-23)16-26-24-9-10-28-30(2,3)29(37)11-12-33(28)20-32(24,33)14-13-31(25,26)4;/h5-6,15,17,23-29,37H,7-14,16,18-20H2,1-4H3;1H/t23?,24?,25?,26?,27?,28?,29-,31?,32-,33?;/m0./s1. The first-order chi connectivity index (χ1) is 18.1. The number of aliphatic hydroxyl groups is 1. The number of hydrogen-bond acceptors (Lipinski definition) is 4. The molecule has 0 bridgehead atoms. The number of carbonyl (C=O) groups excluding carboxylic acids is 1. The van der Waals surface area contributed by atoms with Crippen molar-refractivity contribution in [2.45, 2.75) is 117 Å². The number of nitrogens with zero attached hydrogens (tertiary/aromatic N) is 2. The molecule has 8 unspecified atom stereocenters. The van der Waals surface area contributed by atoms with E-state index in [0.29, 0.717) is 47.3 Å². The SMILES string of the molecule is CC(=O)N(Cc1cccnc1)CC1CCC2C(CC3C4CCC5C(C)(C)[C@@H](O)CCC56C[C@@]46CCC23C)O1.[HH]. The van der Waals surface area contributed by atoms with Gasteiger partial charge in [0.1, 0.15) is 0 Å². The van der Waals surface area contributed by atoms with Gasteiger partial charge in [0, 0.05) is 33.8 Å². The molecule has 1 aromatic heterocycles. The highest BCUT2D eigenvalue weighted by Gasteiger charge is 2.80. The molecule has 5 heteroatoms. The summed E-state index contributed by atoms with van der Waals surface area (Å²) in [5, 5.41) is 10.9. The third-order valence-electron chi connectivity index (χ3n) is 13.6. The fourth-order valence-electron chi connectivity index (χ4n) is 11.7. The van der Waals surface area contributed by atoms with Gasteiger partial charge >= 0.3 is 0 Å². The van der Waals surface area contributed by atoms with Crippen molar-refractivity contribution in [2.24, 2.45) is 45.3 Å². The van der Waals surface area contributed by atoms with Gasteiger partial charge in [0.05, 0.1) is 18.3 Å². The maximum atomic E-state index is 12.5. The Morgan fingerprint density at radius 1 is 1.08 bits per heavy atom. The number of pyridine rings is 1. The topological polar surface area (TPSA) is 62.7 Å². The van der Waals surface area contributed by atoms with Crippen molar-refractivity contribution in [3.8, 4) is 0 Å². The van der Waals surface area contributed by atoms with Crippen LogP contribution in [0.3, 0.4) is 0 Å². The lowest BCUT2D eigenvalue weighted by Crippen LogP contribution is -2.54. The van der Waals surface area contributed by atoms with Crippen LogP contribution in [0.5, 0.6) is 0 Å². The van der Waals surface area contributed by atoms with Crippen LogP contribution in [-0.2, 0) is 16.1 Å². The number of carbonyl (C=O) groups is 1. The van der Waals surface area contributed by atoms with Crippen molar-refractivity contribution in [3.05, 3.63) is 30.1 Å². The lowest BCUT2D eigenvalue weighted by atomic mass is 9.46. The molecule has 7 rings (SSSR count). The second kappa shape index (κ2) is 8.52. The molecule has 2 spiro atoms. The molecular weight excluding hydrogens is 472 g/mol. The van der Waals surface area contributed by atoms with Gasteiger partial charge in [-0.15, -0.1) is 0 Å². The maximum absolute atomic E-state index is 12.5. The molecule has 5 aliphatic carbocycles. The fourth-order valence-corrected chi connectivity index (χ4v) is 11.7. The molecule has 0 aromatic carbocycles. The molecule has 1 aromatic rings. The molecule has 2 heterocycles. The largest absolute Gasteiger partial charge is 0.393 e. The van der Waals surface area contributed by atoms with Crippen LogP contribution in [0.4, 0.5) is 0 Å². The Labute approximate surface area is 230 Å². The van der Waals surface area contributed by atoms with E-state index in [9.17, 15) is 9.90 Å². The molecule has 1 saturated heterocycles. The lowest BCUT2D eigenvalue weighted by molar-refractivity contribution is -0.140. The highest BCUT2D eigenvalue weighted by atomic mass is 16.5. The van der Waals surface area contributed by atoms with Crippen LogP contribution >= 0.6 is 0 Å². The summed E-state index contributed by atoms with van der Waals surface area (Å²) < 4.78 is 6.92. The van der Waals surface area contributed by atoms with E-state index in [1.807, 2.05) is 23.2 Å². The molecule has 0 radical (unpaired) electrons. The lowest BCUT2D eigenvalue weighted by Gasteiger charge is -2.59. The smallest absolute Gasteiger partial charge is 0.219 e. The Morgan fingerprint density at radius 3 is 2.66 bits per heavy atom. The van der Waals surface area contributed by atoms with Gasteiger partial charge in [-0.25, -0.2) is 0 Å². The van der Waals surface area contributed by atoms with Crippen LogP contribution in [-0.4, -0.2) is 45.8 Å². The minimum atomic E-state index is -0.131. The van der Waals surface area contributed by atoms with Crippen molar-refractivity contribution < 1.29 is 16.1 Å².